The Morgan fingerprint density at radius 2 is 0.795 bits per heavy atom. The van der Waals surface area contributed by atoms with Gasteiger partial charge in [0.05, 0.1) is 48.5 Å². The molecule has 1 atom stereocenters. The number of pyridine rings is 11. The summed E-state index contributed by atoms with van der Waals surface area (Å²) < 4.78 is 20.3. The van der Waals surface area contributed by atoms with E-state index in [-0.39, 0.29) is 11.6 Å². The van der Waals surface area contributed by atoms with Crippen LogP contribution in [-0.2, 0) is 51.4 Å². The smallest absolute Gasteiger partial charge is 0.212 e. The molecule has 0 aliphatic rings. The Morgan fingerprint density at radius 3 is 1.21 bits per heavy atom. The number of hydrogen-bond donors (Lipinski definition) is 5. The van der Waals surface area contributed by atoms with Crippen molar-refractivity contribution in [3.05, 3.63) is 337 Å². The van der Waals surface area contributed by atoms with Gasteiger partial charge in [0.1, 0.15) is 34.4 Å². The summed E-state index contributed by atoms with van der Waals surface area (Å²) in [6.07, 6.45) is 31.7. The summed E-state index contributed by atoms with van der Waals surface area (Å²) >= 11 is 23.8. The predicted octanol–water partition coefficient (Wildman–Crippen LogP) is 16.8. The molecule has 564 valence electrons. The fourth-order valence-corrected chi connectivity index (χ4v) is 12.3. The first-order valence-electron chi connectivity index (χ1n) is 35.2. The summed E-state index contributed by atoms with van der Waals surface area (Å²) in [6.45, 7) is 0. The Labute approximate surface area is 663 Å². The Kier molecular flexibility index (Phi) is 27.2. The molecule has 0 saturated heterocycles. The first kappa shape index (κ1) is 78.9. The molecule has 27 heteroatoms. The van der Waals surface area contributed by atoms with Gasteiger partial charge in [0, 0.05) is 194 Å². The highest BCUT2D eigenvalue weighted by molar-refractivity contribution is 6.32. The van der Waals surface area contributed by atoms with Crippen molar-refractivity contribution >= 4 is 108 Å². The highest BCUT2D eigenvalue weighted by Crippen LogP contribution is 2.31. The molecule has 5 N–H and O–H groups in total. The van der Waals surface area contributed by atoms with Gasteiger partial charge in [-0.2, -0.15) is 0 Å². The van der Waals surface area contributed by atoms with Gasteiger partial charge in [-0.15, -0.1) is 0 Å². The quantitative estimate of drug-likeness (QED) is 0.0293. The number of benzene rings is 1. The number of aryl methyl sites for hydroxylation is 8. The number of ketones is 2. The van der Waals surface area contributed by atoms with Gasteiger partial charge in [0.15, 0.2) is 17.9 Å². The number of ether oxygens (including phenoxy) is 4. The van der Waals surface area contributed by atoms with Crippen LogP contribution in [0.5, 0.6) is 23.4 Å². The number of hydrogen-bond acceptors (Lipinski definition) is 19. The normalized spacial score (nSPS) is 11.1. The molecule has 15 aromatic heterocycles. The number of carbonyl (C=O) groups is 3. The number of aliphatic hydroxyl groups excluding tert-OH is 1. The maximum atomic E-state index is 12.8. The largest absolute Gasteiger partial charge is 0.497 e. The van der Waals surface area contributed by atoms with E-state index in [0.29, 0.717) is 93.3 Å². The Morgan fingerprint density at radius 1 is 0.384 bits per heavy atom. The number of halogens is 4. The maximum Gasteiger partial charge on any atom is 0.212 e. The van der Waals surface area contributed by atoms with Crippen LogP contribution in [0.2, 0.25) is 20.1 Å². The van der Waals surface area contributed by atoms with Crippen LogP contribution in [0.1, 0.15) is 104 Å². The highest BCUT2D eigenvalue weighted by Gasteiger charge is 2.20. The lowest BCUT2D eigenvalue weighted by Gasteiger charge is -2.11. The Bertz CT molecular complexity index is 5590. The van der Waals surface area contributed by atoms with Crippen molar-refractivity contribution < 1.29 is 38.4 Å². The van der Waals surface area contributed by atoms with Gasteiger partial charge in [-0.1, -0.05) is 82.8 Å². The van der Waals surface area contributed by atoms with E-state index in [9.17, 15) is 19.5 Å². The van der Waals surface area contributed by atoms with Crippen LogP contribution < -0.4 is 18.9 Å². The van der Waals surface area contributed by atoms with E-state index in [1.807, 2.05) is 103 Å². The molecule has 0 aliphatic carbocycles. The summed E-state index contributed by atoms with van der Waals surface area (Å²) in [5.41, 5.74) is 15.3. The topological polar surface area (TPSA) is 313 Å². The SMILES string of the molecule is COc1ccc(CCc2ccc(C(=O)c3c[nH]c4ncc(Cl)cc34)cn2)cn1.COc1ccc(CCc2ccc(C(=O)c3c[nH]c4ncc(Cl)cc34)cn2)cn1.COc1ccc(CCc2ccc(C(O)c3c[nH]c4ncc(Cl)cc34)cn2)cn1.COc1ccc(CCc2ccc(C=O)cn2)cc1.Clc1cnc2[nH]ccc2c1. The van der Waals surface area contributed by atoms with Gasteiger partial charge >= 0.3 is 0 Å². The highest BCUT2D eigenvalue weighted by atomic mass is 35.5. The van der Waals surface area contributed by atoms with Gasteiger partial charge < -0.3 is 44.0 Å². The van der Waals surface area contributed by atoms with E-state index in [4.69, 9.17) is 65.4 Å². The molecule has 1 aromatic carbocycles. The zero-order chi connectivity index (χ0) is 78.3. The van der Waals surface area contributed by atoms with E-state index < -0.39 is 6.10 Å². The third kappa shape index (κ3) is 21.2. The van der Waals surface area contributed by atoms with Crippen LogP contribution in [0.25, 0.3) is 44.1 Å². The predicted molar refractivity (Wildman–Crippen MR) is 433 cm³/mol. The van der Waals surface area contributed by atoms with Crippen LogP contribution in [0.4, 0.5) is 0 Å². The lowest BCUT2D eigenvalue weighted by molar-refractivity contribution is 0.103. The molecule has 1 unspecified atom stereocenters. The van der Waals surface area contributed by atoms with Crippen LogP contribution >= 0.6 is 46.4 Å². The first-order valence-corrected chi connectivity index (χ1v) is 36.7. The van der Waals surface area contributed by atoms with Gasteiger partial charge in [-0.3, -0.25) is 34.3 Å². The minimum Gasteiger partial charge on any atom is -0.497 e. The number of H-pyrrole nitrogens is 4. The lowest BCUT2D eigenvalue weighted by atomic mass is 10.0. The second kappa shape index (κ2) is 38.6. The summed E-state index contributed by atoms with van der Waals surface area (Å²) in [5, 5.41) is 16.2. The van der Waals surface area contributed by atoms with Crippen molar-refractivity contribution in [2.75, 3.05) is 28.4 Å². The van der Waals surface area contributed by atoms with Crippen LogP contribution in [0, 0.1) is 0 Å². The van der Waals surface area contributed by atoms with E-state index in [0.717, 1.165) is 130 Å². The lowest BCUT2D eigenvalue weighted by Crippen LogP contribution is -2.03. The standard InChI is InChI=1S/C21H19ClN4O2.2C21H17ClN4O2.C15H15NO2.C7H5ClN2/c3*1-28-19-7-3-13(9-24-19)2-5-16-6-4-14(10-23-16)20(27)18-12-26-21-17(18)8-15(22)11-25-21;1-18-15-8-4-12(5-9-15)2-6-14-7-3-13(11-17)10-16-14;8-6-3-5-1-2-9-7(5)10-4-6/h3-4,6-12,20,27H,2,5H2,1H3,(H,25,26);2*3-4,6-12H,2,5H2,1H3,(H,25,26);3-5,7-11H,2,6H2,1H3;1-4H,(H,9,10). The second-order valence-electron chi connectivity index (χ2n) is 25.3. The number of nitrogens with zero attached hydrogens (tertiary/aromatic N) is 11. The average molecular weight is 1570 g/mol. The molecule has 23 nitrogen and oxygen atoms in total. The molecule has 0 radical (unpaired) electrons. The van der Waals surface area contributed by atoms with Gasteiger partial charge in [-0.25, -0.2) is 34.9 Å². The molecule has 16 rings (SSSR count). The summed E-state index contributed by atoms with van der Waals surface area (Å²) in [4.78, 5) is 95.1. The van der Waals surface area contributed by atoms with E-state index in [1.165, 1.54) is 5.56 Å². The van der Waals surface area contributed by atoms with E-state index >= 15 is 0 Å². The van der Waals surface area contributed by atoms with Gasteiger partial charge in [0.25, 0.3) is 0 Å². The average Bonchev–Trinajstić information content (AvgIpc) is 1.66. The number of aliphatic hydroxyl groups is 1. The number of fused-ring (bicyclic) bond motifs is 4. The summed E-state index contributed by atoms with van der Waals surface area (Å²) in [5.74, 6) is 2.43. The van der Waals surface area contributed by atoms with Gasteiger partial charge in [0.2, 0.25) is 17.6 Å². The number of nitrogens with one attached hydrogen (secondary N) is 4. The number of aldehydes is 1. The fraction of sp³-hybridized carbons (Fsp3) is 0.153. The van der Waals surface area contributed by atoms with Crippen LogP contribution in [0.15, 0.2) is 232 Å². The molecule has 15 heterocycles. The van der Waals surface area contributed by atoms with Crippen molar-refractivity contribution in [2.45, 2.75) is 57.5 Å². The molecule has 0 aliphatic heterocycles. The van der Waals surface area contributed by atoms with E-state index in [1.54, 1.807) is 145 Å². The van der Waals surface area contributed by atoms with Crippen molar-refractivity contribution in [1.29, 1.82) is 0 Å². The molecule has 0 saturated carbocycles. The minimum absolute atomic E-state index is 0.117. The molecule has 112 heavy (non-hydrogen) atoms. The van der Waals surface area contributed by atoms with E-state index in [2.05, 4.69) is 86.9 Å². The molecule has 0 spiro atoms. The van der Waals surface area contributed by atoms with Gasteiger partial charge in [-0.05, 0) is 159 Å². The number of carbonyl (C=O) groups excluding carboxylic acids is 3. The maximum absolute atomic E-state index is 12.8. The summed E-state index contributed by atoms with van der Waals surface area (Å²) in [7, 11) is 6.45. The molecule has 16 aromatic rings. The summed E-state index contributed by atoms with van der Waals surface area (Å²) in [6, 6.07) is 43.5. The van der Waals surface area contributed by atoms with Crippen LogP contribution in [-0.4, -0.2) is 126 Å². The number of aromatic nitrogens is 15. The fourth-order valence-electron chi connectivity index (χ4n) is 11.7. The molecular formula is C85H73Cl4N15O8. The Balaban J connectivity index is 0.000000134. The number of methoxy groups -OCH3 is 4. The zero-order valence-corrected chi connectivity index (χ0v) is 64.0. The molecule has 0 fully saturated rings. The minimum atomic E-state index is -0.804. The molecular weight excluding hydrogens is 1500 g/mol. The van der Waals surface area contributed by atoms with Crippen molar-refractivity contribution in [3.8, 4) is 23.4 Å². The number of rotatable bonds is 23. The van der Waals surface area contributed by atoms with Crippen LogP contribution in [0.3, 0.4) is 0 Å². The van der Waals surface area contributed by atoms with Crippen molar-refractivity contribution in [3.63, 3.8) is 0 Å². The first-order chi connectivity index (χ1) is 54.6. The third-order valence-corrected chi connectivity index (χ3v) is 18.7. The van der Waals surface area contributed by atoms with Crippen molar-refractivity contribution in [1.82, 2.24) is 74.8 Å². The third-order valence-electron chi connectivity index (χ3n) is 17.9. The molecule has 0 amide bonds. The van der Waals surface area contributed by atoms with Crippen molar-refractivity contribution in [2.24, 2.45) is 0 Å². The Hall–Kier alpha value is -12.6. The monoisotopic (exact) mass is 1570 g/mol. The second-order valence-corrected chi connectivity index (χ2v) is 27.0. The number of aromatic amines is 4. The molecule has 0 bridgehead atoms. The zero-order valence-electron chi connectivity index (χ0n) is 61.0.